The Balaban J connectivity index is 2.70. The minimum absolute atomic E-state index is 0.547. The van der Waals surface area contributed by atoms with Gasteiger partial charge in [0.05, 0.1) is 16.4 Å². The zero-order valence-electron chi connectivity index (χ0n) is 12.3. The van der Waals surface area contributed by atoms with Gasteiger partial charge in [-0.2, -0.15) is 5.10 Å². The molecule has 0 saturated heterocycles. The Kier molecular flexibility index (Phi) is 6.16. The standard InChI is InChI=1S/C14H26ClN3/c1-6-11-14(15)13(18(5)17-11)9-8-12(10(3)4)16-7-2/h10,12,16H,6-9H2,1-5H3. The van der Waals surface area contributed by atoms with Crippen LogP contribution in [0.5, 0.6) is 0 Å². The van der Waals surface area contributed by atoms with E-state index in [9.17, 15) is 0 Å². The number of rotatable bonds is 7. The molecule has 0 spiro atoms. The van der Waals surface area contributed by atoms with Crippen LogP contribution >= 0.6 is 11.6 Å². The quantitative estimate of drug-likeness (QED) is 0.825. The van der Waals surface area contributed by atoms with Gasteiger partial charge in [0.15, 0.2) is 0 Å². The number of hydrogen-bond donors (Lipinski definition) is 1. The van der Waals surface area contributed by atoms with Crippen LogP contribution in [-0.2, 0) is 19.9 Å². The first kappa shape index (κ1) is 15.5. The number of hydrogen-bond acceptors (Lipinski definition) is 2. The van der Waals surface area contributed by atoms with Crippen molar-refractivity contribution in [3.8, 4) is 0 Å². The van der Waals surface area contributed by atoms with E-state index in [2.05, 4.69) is 38.1 Å². The molecule has 1 atom stereocenters. The van der Waals surface area contributed by atoms with Crippen LogP contribution in [0.1, 0.15) is 45.5 Å². The molecule has 1 aromatic rings. The topological polar surface area (TPSA) is 29.9 Å². The molecule has 18 heavy (non-hydrogen) atoms. The third-order valence-electron chi connectivity index (χ3n) is 3.47. The minimum Gasteiger partial charge on any atom is -0.314 e. The van der Waals surface area contributed by atoms with Crippen molar-refractivity contribution in [2.75, 3.05) is 6.54 Å². The summed E-state index contributed by atoms with van der Waals surface area (Å²) in [4.78, 5) is 0. The zero-order valence-corrected chi connectivity index (χ0v) is 13.0. The van der Waals surface area contributed by atoms with E-state index in [-0.39, 0.29) is 0 Å². The van der Waals surface area contributed by atoms with Crippen LogP contribution in [0.15, 0.2) is 0 Å². The van der Waals surface area contributed by atoms with Crippen molar-refractivity contribution >= 4 is 11.6 Å². The molecule has 1 rings (SSSR count). The van der Waals surface area contributed by atoms with Gasteiger partial charge in [0.1, 0.15) is 0 Å². The second kappa shape index (κ2) is 7.15. The summed E-state index contributed by atoms with van der Waals surface area (Å²) in [7, 11) is 1.98. The van der Waals surface area contributed by atoms with Gasteiger partial charge in [-0.25, -0.2) is 0 Å². The van der Waals surface area contributed by atoms with E-state index in [0.29, 0.717) is 12.0 Å². The molecule has 104 valence electrons. The second-order valence-electron chi connectivity index (χ2n) is 5.13. The van der Waals surface area contributed by atoms with Crippen LogP contribution in [0.2, 0.25) is 5.02 Å². The molecular weight excluding hydrogens is 246 g/mol. The van der Waals surface area contributed by atoms with E-state index in [0.717, 1.165) is 42.2 Å². The number of halogens is 1. The van der Waals surface area contributed by atoms with Crippen LogP contribution in [0.3, 0.4) is 0 Å². The molecule has 0 fully saturated rings. The molecule has 1 aromatic heterocycles. The van der Waals surface area contributed by atoms with Gasteiger partial charge < -0.3 is 5.32 Å². The van der Waals surface area contributed by atoms with E-state index >= 15 is 0 Å². The van der Waals surface area contributed by atoms with Crippen molar-refractivity contribution in [1.82, 2.24) is 15.1 Å². The Morgan fingerprint density at radius 2 is 2.00 bits per heavy atom. The number of nitrogens with zero attached hydrogens (tertiary/aromatic N) is 2. The summed E-state index contributed by atoms with van der Waals surface area (Å²) in [6, 6.07) is 0.547. The molecule has 0 aromatic carbocycles. The third kappa shape index (κ3) is 3.72. The van der Waals surface area contributed by atoms with E-state index in [1.807, 2.05) is 11.7 Å². The Labute approximate surface area is 116 Å². The average Bonchev–Trinajstić information content (AvgIpc) is 2.60. The highest BCUT2D eigenvalue weighted by Crippen LogP contribution is 2.23. The fraction of sp³-hybridized carbons (Fsp3) is 0.786. The van der Waals surface area contributed by atoms with Gasteiger partial charge in [-0.05, 0) is 31.7 Å². The third-order valence-corrected chi connectivity index (χ3v) is 3.90. The maximum atomic E-state index is 6.37. The predicted molar refractivity (Wildman–Crippen MR) is 78.2 cm³/mol. The number of aromatic nitrogens is 2. The average molecular weight is 272 g/mol. The molecule has 0 saturated carbocycles. The Morgan fingerprint density at radius 1 is 1.33 bits per heavy atom. The Morgan fingerprint density at radius 3 is 2.44 bits per heavy atom. The zero-order chi connectivity index (χ0) is 13.7. The van der Waals surface area contributed by atoms with Gasteiger partial charge in [-0.15, -0.1) is 0 Å². The smallest absolute Gasteiger partial charge is 0.0849 e. The molecule has 1 unspecified atom stereocenters. The number of aryl methyl sites for hydroxylation is 2. The van der Waals surface area contributed by atoms with E-state index < -0.39 is 0 Å². The van der Waals surface area contributed by atoms with Crippen molar-refractivity contribution in [1.29, 1.82) is 0 Å². The molecule has 0 bridgehead atoms. The van der Waals surface area contributed by atoms with Crippen LogP contribution in [0, 0.1) is 5.92 Å². The maximum Gasteiger partial charge on any atom is 0.0849 e. The molecule has 0 aliphatic rings. The molecule has 1 N–H and O–H groups in total. The maximum absolute atomic E-state index is 6.37. The predicted octanol–water partition coefficient (Wildman–Crippen LogP) is 3.20. The van der Waals surface area contributed by atoms with Gasteiger partial charge in [-0.1, -0.05) is 39.3 Å². The van der Waals surface area contributed by atoms with Crippen molar-refractivity contribution in [3.05, 3.63) is 16.4 Å². The van der Waals surface area contributed by atoms with Crippen LogP contribution in [0.25, 0.3) is 0 Å². The lowest BCUT2D eigenvalue weighted by molar-refractivity contribution is 0.382. The van der Waals surface area contributed by atoms with Gasteiger partial charge >= 0.3 is 0 Å². The first-order valence-electron chi connectivity index (χ1n) is 6.94. The normalized spacial score (nSPS) is 13.3. The Hall–Kier alpha value is -0.540. The molecule has 3 nitrogen and oxygen atoms in total. The van der Waals surface area contributed by atoms with Gasteiger partial charge in [-0.3, -0.25) is 4.68 Å². The van der Waals surface area contributed by atoms with Crippen LogP contribution in [-0.4, -0.2) is 22.4 Å². The van der Waals surface area contributed by atoms with Crippen LogP contribution < -0.4 is 5.32 Å². The highest BCUT2D eigenvalue weighted by Gasteiger charge is 2.16. The van der Waals surface area contributed by atoms with E-state index in [1.54, 1.807) is 0 Å². The van der Waals surface area contributed by atoms with Gasteiger partial charge in [0.25, 0.3) is 0 Å². The summed E-state index contributed by atoms with van der Waals surface area (Å²) in [6.45, 7) is 9.78. The molecule has 0 radical (unpaired) electrons. The highest BCUT2D eigenvalue weighted by molar-refractivity contribution is 6.31. The lowest BCUT2D eigenvalue weighted by Gasteiger charge is -2.21. The largest absolute Gasteiger partial charge is 0.314 e. The molecule has 0 aliphatic heterocycles. The molecule has 0 aliphatic carbocycles. The minimum atomic E-state index is 0.547. The lowest BCUT2D eigenvalue weighted by atomic mass is 9.98. The Bertz CT molecular complexity index is 371. The van der Waals surface area contributed by atoms with Crippen molar-refractivity contribution < 1.29 is 0 Å². The molecule has 0 amide bonds. The SMILES string of the molecule is CCNC(CCc1c(Cl)c(CC)nn1C)C(C)C. The summed E-state index contributed by atoms with van der Waals surface area (Å²) in [5.41, 5.74) is 2.18. The summed E-state index contributed by atoms with van der Waals surface area (Å²) < 4.78 is 1.94. The van der Waals surface area contributed by atoms with E-state index in [1.165, 1.54) is 0 Å². The fourth-order valence-electron chi connectivity index (χ4n) is 2.32. The lowest BCUT2D eigenvalue weighted by Crippen LogP contribution is -2.34. The molecule has 1 heterocycles. The summed E-state index contributed by atoms with van der Waals surface area (Å²) in [5.74, 6) is 0.641. The van der Waals surface area contributed by atoms with Gasteiger partial charge in [0.2, 0.25) is 0 Å². The van der Waals surface area contributed by atoms with Crippen LogP contribution in [0.4, 0.5) is 0 Å². The fourth-order valence-corrected chi connectivity index (χ4v) is 2.71. The molecular formula is C14H26ClN3. The first-order valence-corrected chi connectivity index (χ1v) is 7.32. The van der Waals surface area contributed by atoms with Crippen molar-refractivity contribution in [2.45, 2.75) is 53.0 Å². The number of nitrogens with one attached hydrogen (secondary N) is 1. The second-order valence-corrected chi connectivity index (χ2v) is 5.51. The summed E-state index contributed by atoms with van der Waals surface area (Å²) in [5, 5.41) is 8.86. The van der Waals surface area contributed by atoms with Gasteiger partial charge in [0, 0.05) is 13.1 Å². The first-order chi connectivity index (χ1) is 8.51. The monoisotopic (exact) mass is 271 g/mol. The van der Waals surface area contributed by atoms with E-state index in [4.69, 9.17) is 11.6 Å². The summed E-state index contributed by atoms with van der Waals surface area (Å²) >= 11 is 6.37. The molecule has 4 heteroatoms. The van der Waals surface area contributed by atoms with Crippen molar-refractivity contribution in [2.24, 2.45) is 13.0 Å². The summed E-state index contributed by atoms with van der Waals surface area (Å²) in [6.07, 6.45) is 2.99. The highest BCUT2D eigenvalue weighted by atomic mass is 35.5. The van der Waals surface area contributed by atoms with Crippen molar-refractivity contribution in [3.63, 3.8) is 0 Å².